The highest BCUT2D eigenvalue weighted by atomic mass is 35.5. The maximum absolute atomic E-state index is 13.5. The van der Waals surface area contributed by atoms with Crippen LogP contribution in [0, 0.1) is 0 Å². The Labute approximate surface area is 205 Å². The fourth-order valence-corrected chi connectivity index (χ4v) is 5.78. The van der Waals surface area contributed by atoms with Crippen LogP contribution in [0.1, 0.15) is 36.1 Å². The van der Waals surface area contributed by atoms with Crippen LogP contribution in [-0.4, -0.2) is 28.0 Å². The number of hydrogen-bond acceptors (Lipinski definition) is 4. The molecule has 34 heavy (non-hydrogen) atoms. The first kappa shape index (κ1) is 24.1. The Kier molecular flexibility index (Phi) is 7.14. The zero-order chi connectivity index (χ0) is 24.3. The Balaban J connectivity index is 1.58. The quantitative estimate of drug-likeness (QED) is 0.478. The van der Waals surface area contributed by atoms with E-state index in [-0.39, 0.29) is 17.5 Å². The summed E-state index contributed by atoms with van der Waals surface area (Å²) in [7, 11) is -2.53. The third-order valence-corrected chi connectivity index (χ3v) is 8.05. The van der Waals surface area contributed by atoms with Gasteiger partial charge in [-0.3, -0.25) is 9.10 Å². The molecule has 1 aliphatic rings. The van der Waals surface area contributed by atoms with Crippen molar-refractivity contribution in [2.45, 2.75) is 37.1 Å². The van der Waals surface area contributed by atoms with Crippen molar-refractivity contribution in [3.8, 4) is 5.75 Å². The second kappa shape index (κ2) is 10.1. The minimum Gasteiger partial charge on any atom is -0.497 e. The number of hydrogen-bond donors (Lipinski definition) is 1. The fraction of sp³-hybridized carbons (Fsp3) is 0.269. The summed E-state index contributed by atoms with van der Waals surface area (Å²) in [5.41, 5.74) is 3.99. The van der Waals surface area contributed by atoms with Crippen LogP contribution < -0.4 is 14.4 Å². The number of sulfonamides is 1. The number of halogens is 1. The number of fused-ring (bicyclic) bond motifs is 1. The molecule has 0 aromatic heterocycles. The molecule has 8 heteroatoms. The van der Waals surface area contributed by atoms with Gasteiger partial charge in [-0.2, -0.15) is 0 Å². The number of nitrogens with one attached hydrogen (secondary N) is 1. The van der Waals surface area contributed by atoms with Crippen LogP contribution in [0.3, 0.4) is 0 Å². The number of benzene rings is 3. The predicted octanol–water partition coefficient (Wildman–Crippen LogP) is 4.91. The van der Waals surface area contributed by atoms with Crippen LogP contribution in [0.2, 0.25) is 5.02 Å². The predicted molar refractivity (Wildman–Crippen MR) is 134 cm³/mol. The van der Waals surface area contributed by atoms with Gasteiger partial charge in [0.1, 0.15) is 12.3 Å². The van der Waals surface area contributed by atoms with Gasteiger partial charge in [-0.1, -0.05) is 35.9 Å². The van der Waals surface area contributed by atoms with Gasteiger partial charge in [0.15, 0.2) is 0 Å². The third kappa shape index (κ3) is 5.21. The van der Waals surface area contributed by atoms with E-state index in [1.54, 1.807) is 30.3 Å². The average Bonchev–Trinajstić information content (AvgIpc) is 3.30. The number of rotatable bonds is 8. The zero-order valence-electron chi connectivity index (χ0n) is 19.1. The lowest BCUT2D eigenvalue weighted by Crippen LogP contribution is -2.41. The van der Waals surface area contributed by atoms with E-state index in [0.29, 0.717) is 16.5 Å². The van der Waals surface area contributed by atoms with Crippen LogP contribution in [0.5, 0.6) is 5.75 Å². The summed E-state index contributed by atoms with van der Waals surface area (Å²) in [6.07, 6.45) is 3.29. The smallest absolute Gasteiger partial charge is 0.264 e. The van der Waals surface area contributed by atoms with Crippen molar-refractivity contribution in [2.75, 3.05) is 18.0 Å². The van der Waals surface area contributed by atoms with Gasteiger partial charge in [0.25, 0.3) is 10.0 Å². The van der Waals surface area contributed by atoms with Crippen molar-refractivity contribution in [3.63, 3.8) is 0 Å². The fourth-order valence-electron chi connectivity index (χ4n) is 4.18. The zero-order valence-corrected chi connectivity index (χ0v) is 20.7. The van der Waals surface area contributed by atoms with Crippen molar-refractivity contribution < 1.29 is 17.9 Å². The van der Waals surface area contributed by atoms with Crippen LogP contribution in [0.4, 0.5) is 5.69 Å². The molecular formula is C26H27ClN2O4S. The third-order valence-electron chi connectivity index (χ3n) is 6.03. The molecule has 1 amide bonds. The van der Waals surface area contributed by atoms with Crippen molar-refractivity contribution >= 4 is 33.2 Å². The molecule has 0 bridgehead atoms. The highest BCUT2D eigenvalue weighted by Crippen LogP contribution is 2.28. The molecule has 4 rings (SSSR count). The largest absolute Gasteiger partial charge is 0.497 e. The molecule has 1 atom stereocenters. The van der Waals surface area contributed by atoms with E-state index in [0.717, 1.165) is 29.1 Å². The molecule has 3 aromatic carbocycles. The monoisotopic (exact) mass is 498 g/mol. The number of amides is 1. The molecule has 1 N–H and O–H groups in total. The second-order valence-corrected chi connectivity index (χ2v) is 10.6. The van der Waals surface area contributed by atoms with Gasteiger partial charge in [0.2, 0.25) is 5.91 Å². The molecule has 0 aliphatic heterocycles. The van der Waals surface area contributed by atoms with Crippen molar-refractivity contribution in [1.29, 1.82) is 0 Å². The molecule has 178 valence electrons. The Morgan fingerprint density at radius 1 is 1.06 bits per heavy atom. The summed E-state index contributed by atoms with van der Waals surface area (Å²) in [6, 6.07) is 18.5. The number of ether oxygens (including phenoxy) is 1. The molecule has 0 spiro atoms. The van der Waals surface area contributed by atoms with Gasteiger partial charge < -0.3 is 10.1 Å². The lowest BCUT2D eigenvalue weighted by molar-refractivity contribution is -0.120. The van der Waals surface area contributed by atoms with Crippen molar-refractivity contribution in [3.05, 3.63) is 88.4 Å². The van der Waals surface area contributed by atoms with Gasteiger partial charge in [-0.15, -0.1) is 0 Å². The normalized spacial score (nSPS) is 13.7. The molecule has 0 saturated heterocycles. The number of carbonyl (C=O) groups excluding carboxylic acids is 1. The molecule has 3 aromatic rings. The first-order chi connectivity index (χ1) is 16.3. The summed E-state index contributed by atoms with van der Waals surface area (Å²) < 4.78 is 33.3. The summed E-state index contributed by atoms with van der Waals surface area (Å²) in [6.45, 7) is 1.51. The Bertz CT molecular complexity index is 1290. The molecule has 6 nitrogen and oxygen atoms in total. The second-order valence-electron chi connectivity index (χ2n) is 8.34. The summed E-state index contributed by atoms with van der Waals surface area (Å²) in [4.78, 5) is 13.1. The van der Waals surface area contributed by atoms with E-state index in [9.17, 15) is 13.2 Å². The number of methoxy groups -OCH3 is 1. The Hall–Kier alpha value is -3.03. The van der Waals surface area contributed by atoms with E-state index < -0.39 is 15.9 Å². The molecule has 0 heterocycles. The lowest BCUT2D eigenvalue weighted by atomic mass is 10.0. The van der Waals surface area contributed by atoms with Gasteiger partial charge in [-0.05, 0) is 85.3 Å². The topological polar surface area (TPSA) is 75.7 Å². The Morgan fingerprint density at radius 2 is 1.79 bits per heavy atom. The van der Waals surface area contributed by atoms with E-state index in [1.165, 1.54) is 36.4 Å². The molecule has 0 saturated carbocycles. The Morgan fingerprint density at radius 3 is 2.50 bits per heavy atom. The number of aryl methyl sites for hydroxylation is 2. The minimum absolute atomic E-state index is 0.0488. The SMILES string of the molecule is COc1ccc(S(=O)(=O)N(CC(=O)N[C@@H](C)c2ccc3c(c2)CCC3)c2cccc(Cl)c2)cc1. The maximum Gasteiger partial charge on any atom is 0.264 e. The standard InChI is InChI=1S/C26H27ClN2O4S/c1-18(20-10-9-19-5-3-6-21(19)15-20)28-26(30)17-29(23-8-4-7-22(27)16-23)34(31,32)25-13-11-24(33-2)12-14-25/h4,7-16,18H,3,5-6,17H2,1-2H3,(H,28,30)/t18-/m0/s1. The van der Waals surface area contributed by atoms with Crippen LogP contribution >= 0.6 is 11.6 Å². The van der Waals surface area contributed by atoms with Gasteiger partial charge in [-0.25, -0.2) is 8.42 Å². The minimum atomic E-state index is -4.04. The average molecular weight is 499 g/mol. The highest BCUT2D eigenvalue weighted by Gasteiger charge is 2.28. The first-order valence-electron chi connectivity index (χ1n) is 11.1. The van der Waals surface area contributed by atoms with E-state index in [4.69, 9.17) is 16.3 Å². The molecule has 1 aliphatic carbocycles. The van der Waals surface area contributed by atoms with Crippen molar-refractivity contribution in [2.24, 2.45) is 0 Å². The van der Waals surface area contributed by atoms with Crippen LogP contribution in [0.15, 0.2) is 71.6 Å². The molecule has 0 fully saturated rings. The number of carbonyl (C=O) groups is 1. The number of anilines is 1. The molecule has 0 unspecified atom stereocenters. The number of nitrogens with zero attached hydrogens (tertiary/aromatic N) is 1. The highest BCUT2D eigenvalue weighted by molar-refractivity contribution is 7.92. The van der Waals surface area contributed by atoms with Crippen LogP contribution in [0.25, 0.3) is 0 Å². The summed E-state index contributed by atoms with van der Waals surface area (Å²) in [5.74, 6) is 0.124. The van der Waals surface area contributed by atoms with E-state index in [2.05, 4.69) is 17.4 Å². The van der Waals surface area contributed by atoms with Crippen molar-refractivity contribution in [1.82, 2.24) is 5.32 Å². The van der Waals surface area contributed by atoms with Crippen LogP contribution in [-0.2, 0) is 27.7 Å². The summed E-state index contributed by atoms with van der Waals surface area (Å²) >= 11 is 6.13. The van der Waals surface area contributed by atoms with E-state index >= 15 is 0 Å². The van der Waals surface area contributed by atoms with Gasteiger partial charge in [0, 0.05) is 5.02 Å². The van der Waals surface area contributed by atoms with E-state index in [1.807, 2.05) is 13.0 Å². The van der Waals surface area contributed by atoms with Gasteiger partial charge >= 0.3 is 0 Å². The maximum atomic E-state index is 13.5. The molecular weight excluding hydrogens is 472 g/mol. The lowest BCUT2D eigenvalue weighted by Gasteiger charge is -2.25. The summed E-state index contributed by atoms with van der Waals surface area (Å²) in [5, 5.41) is 3.32. The first-order valence-corrected chi connectivity index (χ1v) is 12.9. The van der Waals surface area contributed by atoms with Gasteiger partial charge in [0.05, 0.1) is 23.7 Å². The molecule has 0 radical (unpaired) electrons.